The lowest BCUT2D eigenvalue weighted by Crippen LogP contribution is -1.96. The van der Waals surface area contributed by atoms with Gasteiger partial charge in [-0.25, -0.2) is 4.98 Å². The van der Waals surface area contributed by atoms with Crippen molar-refractivity contribution >= 4 is 0 Å². The summed E-state index contributed by atoms with van der Waals surface area (Å²) in [6.07, 6.45) is 2.84. The first kappa shape index (κ1) is 10.9. The first-order valence-corrected chi connectivity index (χ1v) is 5.53. The van der Waals surface area contributed by atoms with Crippen LogP contribution in [0.1, 0.15) is 24.0 Å². The van der Waals surface area contributed by atoms with E-state index in [4.69, 9.17) is 4.74 Å². The van der Waals surface area contributed by atoms with E-state index < -0.39 is 0 Å². The molecule has 0 amide bonds. The summed E-state index contributed by atoms with van der Waals surface area (Å²) in [4.78, 5) is 7.45. The van der Waals surface area contributed by atoms with Gasteiger partial charge in [0.15, 0.2) is 0 Å². The molecule has 16 heavy (non-hydrogen) atoms. The first-order chi connectivity index (χ1) is 7.88. The summed E-state index contributed by atoms with van der Waals surface area (Å²) in [5.41, 5.74) is 2.34. The monoisotopic (exact) mass is 216 g/mol. The maximum atomic E-state index is 5.57. The number of hydrogen-bond acceptors (Lipinski definition) is 2. The molecule has 0 unspecified atom stereocenters. The van der Waals surface area contributed by atoms with Gasteiger partial charge in [0.05, 0.1) is 6.61 Å². The second-order valence-electron chi connectivity index (χ2n) is 3.69. The van der Waals surface area contributed by atoms with Crippen LogP contribution in [0.2, 0.25) is 0 Å². The Balaban J connectivity index is 1.80. The predicted molar refractivity (Wildman–Crippen MR) is 62.9 cm³/mol. The van der Waals surface area contributed by atoms with E-state index in [2.05, 4.69) is 29.0 Å². The molecular weight excluding hydrogens is 200 g/mol. The summed E-state index contributed by atoms with van der Waals surface area (Å²) in [5, 5.41) is 0. The highest BCUT2D eigenvalue weighted by Crippen LogP contribution is 2.04. The van der Waals surface area contributed by atoms with Crippen LogP contribution < -0.4 is 0 Å². The zero-order chi connectivity index (χ0) is 11.2. The standard InChI is InChI=1S/C13H16N2O/c1-2-12-8-14-13(15-12)10-16-9-11-6-4-3-5-7-11/h3-8H,2,9-10H2,1H3,(H,14,15). The molecule has 3 nitrogen and oxygen atoms in total. The number of H-pyrrole nitrogens is 1. The molecule has 1 aromatic heterocycles. The number of aromatic amines is 1. The van der Waals surface area contributed by atoms with Crippen LogP contribution >= 0.6 is 0 Å². The van der Waals surface area contributed by atoms with E-state index >= 15 is 0 Å². The number of aryl methyl sites for hydroxylation is 1. The molecule has 0 aliphatic heterocycles. The summed E-state index contributed by atoms with van der Waals surface area (Å²) in [6, 6.07) is 10.1. The number of rotatable bonds is 5. The first-order valence-electron chi connectivity index (χ1n) is 5.53. The third kappa shape index (κ3) is 2.94. The fourth-order valence-electron chi connectivity index (χ4n) is 1.50. The minimum Gasteiger partial charge on any atom is -0.369 e. The van der Waals surface area contributed by atoms with E-state index in [-0.39, 0.29) is 0 Å². The van der Waals surface area contributed by atoms with Crippen molar-refractivity contribution in [3.63, 3.8) is 0 Å². The highest BCUT2D eigenvalue weighted by molar-refractivity contribution is 5.13. The van der Waals surface area contributed by atoms with Gasteiger partial charge in [-0.05, 0) is 12.0 Å². The summed E-state index contributed by atoms with van der Waals surface area (Å²) in [7, 11) is 0. The van der Waals surface area contributed by atoms with Gasteiger partial charge >= 0.3 is 0 Å². The number of ether oxygens (including phenoxy) is 1. The van der Waals surface area contributed by atoms with Crippen molar-refractivity contribution in [3.8, 4) is 0 Å². The Bertz CT molecular complexity index is 423. The van der Waals surface area contributed by atoms with Gasteiger partial charge in [-0.15, -0.1) is 0 Å². The molecule has 1 heterocycles. The number of benzene rings is 1. The molecule has 0 bridgehead atoms. The van der Waals surface area contributed by atoms with Crippen LogP contribution in [-0.4, -0.2) is 9.97 Å². The lowest BCUT2D eigenvalue weighted by Gasteiger charge is -2.01. The predicted octanol–water partition coefficient (Wildman–Crippen LogP) is 2.69. The average molecular weight is 216 g/mol. The molecule has 0 aliphatic carbocycles. The van der Waals surface area contributed by atoms with Crippen molar-refractivity contribution < 1.29 is 4.74 Å². The van der Waals surface area contributed by atoms with E-state index in [1.54, 1.807) is 0 Å². The minimum atomic E-state index is 0.537. The molecule has 84 valence electrons. The van der Waals surface area contributed by atoms with Gasteiger partial charge in [-0.2, -0.15) is 0 Å². The molecule has 3 heteroatoms. The van der Waals surface area contributed by atoms with Crippen molar-refractivity contribution in [2.45, 2.75) is 26.6 Å². The Morgan fingerprint density at radius 3 is 2.69 bits per heavy atom. The van der Waals surface area contributed by atoms with Gasteiger partial charge in [-0.1, -0.05) is 37.3 Å². The number of nitrogens with one attached hydrogen (secondary N) is 1. The van der Waals surface area contributed by atoms with Crippen LogP contribution in [0.4, 0.5) is 0 Å². The third-order valence-electron chi connectivity index (χ3n) is 2.41. The van der Waals surface area contributed by atoms with Gasteiger partial charge in [0.1, 0.15) is 12.4 Å². The maximum Gasteiger partial charge on any atom is 0.132 e. The molecule has 2 aromatic rings. The Morgan fingerprint density at radius 1 is 1.19 bits per heavy atom. The van der Waals surface area contributed by atoms with Gasteiger partial charge in [0.25, 0.3) is 0 Å². The van der Waals surface area contributed by atoms with Crippen molar-refractivity contribution in [1.29, 1.82) is 0 Å². The van der Waals surface area contributed by atoms with Crippen molar-refractivity contribution in [3.05, 3.63) is 53.6 Å². The normalized spacial score (nSPS) is 10.6. The van der Waals surface area contributed by atoms with Crippen LogP contribution in [-0.2, 0) is 24.4 Å². The summed E-state index contributed by atoms with van der Waals surface area (Å²) < 4.78 is 5.57. The Labute approximate surface area is 95.5 Å². The molecule has 0 aliphatic rings. The van der Waals surface area contributed by atoms with E-state index in [1.807, 2.05) is 24.4 Å². The highest BCUT2D eigenvalue weighted by Gasteiger charge is 1.99. The molecule has 0 radical (unpaired) electrons. The Kier molecular flexibility index (Phi) is 3.72. The van der Waals surface area contributed by atoms with E-state index in [1.165, 1.54) is 5.56 Å². The second-order valence-corrected chi connectivity index (χ2v) is 3.69. The summed E-state index contributed by atoms with van der Waals surface area (Å²) >= 11 is 0. The van der Waals surface area contributed by atoms with Gasteiger partial charge in [0, 0.05) is 11.9 Å². The highest BCUT2D eigenvalue weighted by atomic mass is 16.5. The van der Waals surface area contributed by atoms with E-state index in [0.29, 0.717) is 13.2 Å². The zero-order valence-electron chi connectivity index (χ0n) is 9.44. The fraction of sp³-hybridized carbons (Fsp3) is 0.308. The summed E-state index contributed by atoms with van der Waals surface area (Å²) in [5.74, 6) is 0.896. The quantitative estimate of drug-likeness (QED) is 0.834. The Morgan fingerprint density at radius 2 is 2.00 bits per heavy atom. The lowest BCUT2D eigenvalue weighted by atomic mass is 10.2. The van der Waals surface area contributed by atoms with E-state index in [9.17, 15) is 0 Å². The second kappa shape index (κ2) is 5.47. The lowest BCUT2D eigenvalue weighted by molar-refractivity contribution is 0.102. The van der Waals surface area contributed by atoms with E-state index in [0.717, 1.165) is 17.9 Å². The molecule has 0 saturated carbocycles. The van der Waals surface area contributed by atoms with Gasteiger partial charge < -0.3 is 9.72 Å². The molecule has 1 aromatic carbocycles. The van der Waals surface area contributed by atoms with Gasteiger partial charge in [0.2, 0.25) is 0 Å². The van der Waals surface area contributed by atoms with Crippen LogP contribution in [0.5, 0.6) is 0 Å². The third-order valence-corrected chi connectivity index (χ3v) is 2.41. The maximum absolute atomic E-state index is 5.57. The molecular formula is C13H16N2O. The molecule has 0 atom stereocenters. The summed E-state index contributed by atoms with van der Waals surface area (Å²) in [6.45, 7) is 3.26. The molecule has 0 spiro atoms. The number of aromatic nitrogens is 2. The van der Waals surface area contributed by atoms with Crippen LogP contribution in [0.25, 0.3) is 0 Å². The smallest absolute Gasteiger partial charge is 0.132 e. The average Bonchev–Trinajstić information content (AvgIpc) is 2.78. The minimum absolute atomic E-state index is 0.537. The van der Waals surface area contributed by atoms with Gasteiger partial charge in [-0.3, -0.25) is 0 Å². The van der Waals surface area contributed by atoms with Crippen LogP contribution in [0.15, 0.2) is 36.5 Å². The molecule has 2 rings (SSSR count). The van der Waals surface area contributed by atoms with Crippen LogP contribution in [0.3, 0.4) is 0 Å². The molecule has 0 saturated heterocycles. The van der Waals surface area contributed by atoms with Crippen molar-refractivity contribution in [1.82, 2.24) is 9.97 Å². The zero-order valence-corrected chi connectivity index (χ0v) is 9.44. The number of nitrogens with zero attached hydrogens (tertiary/aromatic N) is 1. The van der Waals surface area contributed by atoms with Crippen LogP contribution in [0, 0.1) is 0 Å². The van der Waals surface area contributed by atoms with Crippen molar-refractivity contribution in [2.75, 3.05) is 0 Å². The number of hydrogen-bond donors (Lipinski definition) is 1. The van der Waals surface area contributed by atoms with Crippen molar-refractivity contribution in [2.24, 2.45) is 0 Å². The topological polar surface area (TPSA) is 37.9 Å². The Hall–Kier alpha value is -1.61. The molecule has 0 fully saturated rings. The fourth-order valence-corrected chi connectivity index (χ4v) is 1.50. The number of imidazole rings is 1. The largest absolute Gasteiger partial charge is 0.369 e. The molecule has 1 N–H and O–H groups in total. The SMILES string of the molecule is CCc1cnc(COCc2ccccc2)[nH]1.